The quantitative estimate of drug-likeness (QED) is 0.745. The van der Waals surface area contributed by atoms with Gasteiger partial charge in [-0.05, 0) is 43.3 Å². The summed E-state index contributed by atoms with van der Waals surface area (Å²) >= 11 is 0. The Hall–Kier alpha value is -3.00. The lowest BCUT2D eigenvalue weighted by Crippen LogP contribution is -2.14. The Balaban J connectivity index is 1.80. The second kappa shape index (κ2) is 7.09. The van der Waals surface area contributed by atoms with Crippen molar-refractivity contribution in [1.29, 1.82) is 0 Å². The Bertz CT molecular complexity index is 1030. The summed E-state index contributed by atoms with van der Waals surface area (Å²) in [4.78, 5) is 14.1. The summed E-state index contributed by atoms with van der Waals surface area (Å²) in [5.74, 6) is -0.378. The fourth-order valence-electron chi connectivity index (χ4n) is 2.37. The van der Waals surface area contributed by atoms with Gasteiger partial charge in [0.2, 0.25) is 0 Å². The highest BCUT2D eigenvalue weighted by molar-refractivity contribution is 7.91. The SMILES string of the molecule is CCS(=O)(=O)c1ccc(NC(=O)c2nn(-c3ccccc3)nc2C)cc1. The number of anilines is 1. The fraction of sp³-hybridized carbons (Fsp3) is 0.167. The lowest BCUT2D eigenvalue weighted by atomic mass is 10.3. The molecule has 0 spiro atoms. The first-order valence-electron chi connectivity index (χ1n) is 8.04. The molecule has 2 aromatic carbocycles. The largest absolute Gasteiger partial charge is 0.321 e. The highest BCUT2D eigenvalue weighted by atomic mass is 32.2. The predicted octanol–water partition coefficient (Wildman–Crippen LogP) is 2.62. The number of amides is 1. The van der Waals surface area contributed by atoms with Crippen molar-refractivity contribution in [2.45, 2.75) is 18.7 Å². The molecule has 0 aliphatic rings. The minimum absolute atomic E-state index is 0.0283. The Kier molecular flexibility index (Phi) is 4.85. The summed E-state index contributed by atoms with van der Waals surface area (Å²) in [6.45, 7) is 3.29. The minimum atomic E-state index is -3.27. The van der Waals surface area contributed by atoms with Crippen molar-refractivity contribution in [1.82, 2.24) is 15.0 Å². The van der Waals surface area contributed by atoms with Crippen molar-refractivity contribution >= 4 is 21.4 Å². The molecule has 0 aliphatic carbocycles. The average Bonchev–Trinajstić information content (AvgIpc) is 3.05. The van der Waals surface area contributed by atoms with Gasteiger partial charge >= 0.3 is 0 Å². The van der Waals surface area contributed by atoms with E-state index in [2.05, 4.69) is 15.5 Å². The van der Waals surface area contributed by atoms with E-state index in [4.69, 9.17) is 0 Å². The van der Waals surface area contributed by atoms with Crippen LogP contribution < -0.4 is 5.32 Å². The zero-order valence-corrected chi connectivity index (χ0v) is 15.2. The monoisotopic (exact) mass is 370 g/mol. The highest BCUT2D eigenvalue weighted by Gasteiger charge is 2.17. The molecule has 3 aromatic rings. The van der Waals surface area contributed by atoms with Crippen LogP contribution in [0.2, 0.25) is 0 Å². The van der Waals surface area contributed by atoms with Gasteiger partial charge in [-0.25, -0.2) is 8.42 Å². The number of aromatic nitrogens is 3. The normalized spacial score (nSPS) is 11.3. The number of benzene rings is 2. The van der Waals surface area contributed by atoms with Crippen molar-refractivity contribution in [3.8, 4) is 5.69 Å². The second-order valence-corrected chi connectivity index (χ2v) is 7.92. The first kappa shape index (κ1) is 17.8. The fourth-order valence-corrected chi connectivity index (χ4v) is 3.25. The van der Waals surface area contributed by atoms with Crippen LogP contribution in [0.1, 0.15) is 23.1 Å². The number of rotatable bonds is 5. The van der Waals surface area contributed by atoms with Gasteiger partial charge in [0.05, 0.1) is 22.0 Å². The van der Waals surface area contributed by atoms with Gasteiger partial charge in [0.15, 0.2) is 15.5 Å². The molecule has 1 amide bonds. The zero-order valence-electron chi connectivity index (χ0n) is 14.4. The van der Waals surface area contributed by atoms with Gasteiger partial charge in [-0.3, -0.25) is 4.79 Å². The summed E-state index contributed by atoms with van der Waals surface area (Å²) in [6, 6.07) is 15.3. The van der Waals surface area contributed by atoms with Crippen LogP contribution in [-0.4, -0.2) is 35.1 Å². The van der Waals surface area contributed by atoms with E-state index in [0.29, 0.717) is 11.4 Å². The molecule has 3 rings (SSSR count). The standard InChI is InChI=1S/C18H18N4O3S/c1-3-26(24,25)16-11-9-14(10-12-16)19-18(23)17-13(2)20-22(21-17)15-7-5-4-6-8-15/h4-12H,3H2,1-2H3,(H,19,23). The van der Waals surface area contributed by atoms with Gasteiger partial charge in [0.25, 0.3) is 5.91 Å². The van der Waals surface area contributed by atoms with Crippen LogP contribution in [0.4, 0.5) is 5.69 Å². The van der Waals surface area contributed by atoms with E-state index in [1.165, 1.54) is 16.9 Å². The van der Waals surface area contributed by atoms with Crippen molar-refractivity contribution in [3.05, 3.63) is 66.0 Å². The van der Waals surface area contributed by atoms with Crippen LogP contribution in [0.15, 0.2) is 59.5 Å². The maximum atomic E-state index is 12.5. The topological polar surface area (TPSA) is 94.0 Å². The van der Waals surface area contributed by atoms with Gasteiger partial charge in [0.1, 0.15) is 0 Å². The third-order valence-electron chi connectivity index (χ3n) is 3.84. The van der Waals surface area contributed by atoms with Crippen LogP contribution in [0.3, 0.4) is 0 Å². The van der Waals surface area contributed by atoms with E-state index in [9.17, 15) is 13.2 Å². The lowest BCUT2D eigenvalue weighted by Gasteiger charge is -2.05. The molecular weight excluding hydrogens is 352 g/mol. The Morgan fingerprint density at radius 3 is 2.31 bits per heavy atom. The van der Waals surface area contributed by atoms with Crippen molar-refractivity contribution < 1.29 is 13.2 Å². The molecule has 0 bridgehead atoms. The molecule has 26 heavy (non-hydrogen) atoms. The molecular formula is C18H18N4O3S. The molecule has 0 saturated carbocycles. The summed E-state index contributed by atoms with van der Waals surface area (Å²) in [6.07, 6.45) is 0. The average molecular weight is 370 g/mol. The molecule has 134 valence electrons. The number of carbonyl (C=O) groups is 1. The zero-order chi connectivity index (χ0) is 18.7. The number of hydrogen-bond acceptors (Lipinski definition) is 5. The minimum Gasteiger partial charge on any atom is -0.321 e. The van der Waals surface area contributed by atoms with E-state index < -0.39 is 15.7 Å². The second-order valence-electron chi connectivity index (χ2n) is 5.64. The lowest BCUT2D eigenvalue weighted by molar-refractivity contribution is 0.102. The molecule has 1 heterocycles. The number of sulfone groups is 1. The molecule has 8 heteroatoms. The van der Waals surface area contributed by atoms with Crippen molar-refractivity contribution in [3.63, 3.8) is 0 Å². The Morgan fingerprint density at radius 1 is 1.04 bits per heavy atom. The Morgan fingerprint density at radius 2 is 1.69 bits per heavy atom. The molecule has 0 radical (unpaired) electrons. The van der Waals surface area contributed by atoms with Gasteiger partial charge in [-0.2, -0.15) is 9.90 Å². The van der Waals surface area contributed by atoms with Gasteiger partial charge in [-0.1, -0.05) is 25.1 Å². The molecule has 7 nitrogen and oxygen atoms in total. The molecule has 0 atom stereocenters. The highest BCUT2D eigenvalue weighted by Crippen LogP contribution is 2.16. The first-order valence-corrected chi connectivity index (χ1v) is 9.69. The smallest absolute Gasteiger partial charge is 0.278 e. The van der Waals surface area contributed by atoms with Crippen LogP contribution >= 0.6 is 0 Å². The summed E-state index contributed by atoms with van der Waals surface area (Å²) < 4.78 is 23.7. The van der Waals surface area contributed by atoms with Crippen LogP contribution in [0.25, 0.3) is 5.69 Å². The molecule has 0 aliphatic heterocycles. The molecule has 0 unspecified atom stereocenters. The summed E-state index contributed by atoms with van der Waals surface area (Å²) in [7, 11) is -3.27. The number of para-hydroxylation sites is 1. The van der Waals surface area contributed by atoms with Crippen molar-refractivity contribution in [2.24, 2.45) is 0 Å². The Labute approximate surface area is 151 Å². The number of nitrogens with one attached hydrogen (secondary N) is 1. The third kappa shape index (κ3) is 3.65. The van der Waals surface area contributed by atoms with E-state index in [-0.39, 0.29) is 16.3 Å². The first-order chi connectivity index (χ1) is 12.4. The summed E-state index contributed by atoms with van der Waals surface area (Å²) in [5, 5.41) is 11.2. The predicted molar refractivity (Wildman–Crippen MR) is 98.2 cm³/mol. The molecule has 1 N–H and O–H groups in total. The number of carbonyl (C=O) groups excluding carboxylic acids is 1. The maximum Gasteiger partial charge on any atom is 0.278 e. The van der Waals surface area contributed by atoms with Crippen molar-refractivity contribution in [2.75, 3.05) is 11.1 Å². The van der Waals surface area contributed by atoms with E-state index in [1.807, 2.05) is 30.3 Å². The van der Waals surface area contributed by atoms with E-state index in [1.54, 1.807) is 26.0 Å². The molecule has 0 saturated heterocycles. The maximum absolute atomic E-state index is 12.5. The van der Waals surface area contributed by atoms with Gasteiger partial charge in [-0.15, -0.1) is 5.10 Å². The van der Waals surface area contributed by atoms with Gasteiger partial charge < -0.3 is 5.32 Å². The number of aryl methyl sites for hydroxylation is 1. The van der Waals surface area contributed by atoms with Gasteiger partial charge in [0, 0.05) is 5.69 Å². The van der Waals surface area contributed by atoms with Crippen LogP contribution in [0, 0.1) is 6.92 Å². The number of nitrogens with zero attached hydrogens (tertiary/aromatic N) is 3. The van der Waals surface area contributed by atoms with Crippen LogP contribution in [-0.2, 0) is 9.84 Å². The van der Waals surface area contributed by atoms with Crippen LogP contribution in [0.5, 0.6) is 0 Å². The summed E-state index contributed by atoms with van der Waals surface area (Å²) in [5.41, 5.74) is 1.94. The van der Waals surface area contributed by atoms with E-state index in [0.717, 1.165) is 5.69 Å². The number of hydrogen-bond donors (Lipinski definition) is 1. The van der Waals surface area contributed by atoms with E-state index >= 15 is 0 Å². The molecule has 1 aromatic heterocycles. The third-order valence-corrected chi connectivity index (χ3v) is 5.59. The molecule has 0 fully saturated rings.